The van der Waals surface area contributed by atoms with Crippen molar-refractivity contribution in [1.82, 2.24) is 40.4 Å². The molecule has 5 N–H and O–H groups in total. The van der Waals surface area contributed by atoms with Gasteiger partial charge in [-0.25, -0.2) is 14.8 Å². The molecule has 0 bridgehead atoms. The van der Waals surface area contributed by atoms with Crippen LogP contribution in [0.4, 0.5) is 9.18 Å². The number of ether oxygens (including phenoxy) is 2. The molecular formula is C42H55FN8O6. The molecule has 14 nitrogen and oxygen atoms in total. The Kier molecular flexibility index (Phi) is 12.8. The number of carbonyl (C=O) groups is 3. The van der Waals surface area contributed by atoms with E-state index >= 15 is 4.39 Å². The Hall–Kier alpha value is -5.12. The zero-order valence-electron chi connectivity index (χ0n) is 33.9. The highest BCUT2D eigenvalue weighted by molar-refractivity contribution is 5.87. The van der Waals surface area contributed by atoms with Crippen molar-refractivity contribution in [2.24, 2.45) is 11.8 Å². The number of aromatic amines is 2. The lowest BCUT2D eigenvalue weighted by atomic mass is 10.0. The molecule has 2 aliphatic rings. The van der Waals surface area contributed by atoms with Crippen LogP contribution < -0.4 is 10.6 Å². The maximum Gasteiger partial charge on any atom is 0.407 e. The van der Waals surface area contributed by atoms with E-state index in [1.165, 1.54) is 14.2 Å². The summed E-state index contributed by atoms with van der Waals surface area (Å²) in [6, 6.07) is 13.3. The molecule has 2 aromatic carbocycles. The fourth-order valence-corrected chi connectivity index (χ4v) is 8.07. The van der Waals surface area contributed by atoms with E-state index in [0.717, 1.165) is 35.2 Å². The molecule has 7 unspecified atom stereocenters. The number of aliphatic hydroxyl groups is 1. The zero-order chi connectivity index (χ0) is 41.1. The largest absolute Gasteiger partial charge is 0.453 e. The Morgan fingerprint density at radius 3 is 1.81 bits per heavy atom. The van der Waals surface area contributed by atoms with Crippen molar-refractivity contribution in [3.8, 4) is 33.6 Å². The van der Waals surface area contributed by atoms with Crippen molar-refractivity contribution < 1.29 is 33.4 Å². The third kappa shape index (κ3) is 8.75. The normalized spacial score (nSPS) is 21.3. The molecule has 0 aliphatic carbocycles. The quantitative estimate of drug-likeness (QED) is 0.0975. The van der Waals surface area contributed by atoms with Crippen LogP contribution in [0.25, 0.3) is 33.6 Å². The van der Waals surface area contributed by atoms with E-state index in [2.05, 4.69) is 25.6 Å². The lowest BCUT2D eigenvalue weighted by Crippen LogP contribution is -2.54. The number of methoxy groups -OCH3 is 2. The number of halogens is 1. The molecule has 3 amide bonds. The van der Waals surface area contributed by atoms with Gasteiger partial charge in [-0.15, -0.1) is 0 Å². The summed E-state index contributed by atoms with van der Waals surface area (Å²) in [6.07, 6.45) is 2.77. The molecule has 2 aromatic heterocycles. The standard InChI is InChI=1S/C42H55FN8O6/c1-22(2)33(47-41(54)56-7)39(52)50-24(5)9-19-31(50)37-44-21-30(45-37)28-15-11-26(12-16-28)27-13-17-29(18-14-27)35-36(43)49-38(46-35)32-20-10-25(6)51(32)40(53)34(23(3)4)48-42(55)57-8/h11-18,21-25,31-34,41,47,54H,9-10,19-20H2,1-8H3,(H,44,45)(H,46,49)(H,48,55). The van der Waals surface area contributed by atoms with Crippen LogP contribution in [0.15, 0.2) is 54.7 Å². The van der Waals surface area contributed by atoms with Gasteiger partial charge in [0.2, 0.25) is 24.2 Å². The van der Waals surface area contributed by atoms with Crippen LogP contribution >= 0.6 is 0 Å². The molecule has 6 rings (SSSR count). The average molecular weight is 787 g/mol. The highest BCUT2D eigenvalue weighted by atomic mass is 19.1. The van der Waals surface area contributed by atoms with Gasteiger partial charge in [0.05, 0.1) is 37.1 Å². The van der Waals surface area contributed by atoms with Crippen molar-refractivity contribution in [2.75, 3.05) is 14.2 Å². The first-order valence-corrected chi connectivity index (χ1v) is 19.7. The lowest BCUT2D eigenvalue weighted by molar-refractivity contribution is -0.146. The number of rotatable bonds is 13. The SMILES string of the molecule is COC(=O)NC(C(=O)N1C(C)CCC1c1nc(-c2ccc(-c3ccc(-c4cnc(C5CCC(C)N5C(=O)C(NC(O)OC)C(C)C)[nH]4)cc3)cc2)c(F)[nH]1)C(C)C. The van der Waals surface area contributed by atoms with Gasteiger partial charge in [0.25, 0.3) is 0 Å². The predicted molar refractivity (Wildman–Crippen MR) is 213 cm³/mol. The van der Waals surface area contributed by atoms with E-state index in [0.29, 0.717) is 30.1 Å². The molecule has 57 heavy (non-hydrogen) atoms. The molecule has 4 heterocycles. The van der Waals surface area contributed by atoms with Crippen LogP contribution in [-0.2, 0) is 19.1 Å². The number of nitrogens with zero attached hydrogens (tertiary/aromatic N) is 4. The third-order valence-electron chi connectivity index (χ3n) is 11.3. The maximum atomic E-state index is 15.5. The number of nitrogens with one attached hydrogen (secondary N) is 4. The molecule has 0 spiro atoms. The molecule has 7 atom stereocenters. The van der Waals surface area contributed by atoms with Crippen LogP contribution in [0.1, 0.15) is 91.0 Å². The molecular weight excluding hydrogens is 732 g/mol. The highest BCUT2D eigenvalue weighted by Crippen LogP contribution is 2.39. The number of benzene rings is 2. The van der Waals surface area contributed by atoms with E-state index in [9.17, 15) is 19.5 Å². The second-order valence-electron chi connectivity index (χ2n) is 15.8. The van der Waals surface area contributed by atoms with Crippen molar-refractivity contribution in [1.29, 1.82) is 0 Å². The van der Waals surface area contributed by atoms with Crippen LogP contribution in [0.2, 0.25) is 0 Å². The minimum atomic E-state index is -1.25. The van der Waals surface area contributed by atoms with Gasteiger partial charge in [0.15, 0.2) is 0 Å². The van der Waals surface area contributed by atoms with Gasteiger partial charge < -0.3 is 39.7 Å². The summed E-state index contributed by atoms with van der Waals surface area (Å²) < 4.78 is 25.2. The number of aromatic nitrogens is 4. The highest BCUT2D eigenvalue weighted by Gasteiger charge is 2.43. The fourth-order valence-electron chi connectivity index (χ4n) is 8.07. The van der Waals surface area contributed by atoms with Gasteiger partial charge in [-0.3, -0.25) is 14.9 Å². The Labute approximate surface area is 332 Å². The fraction of sp³-hybridized carbons (Fsp3) is 0.500. The molecule has 0 radical (unpaired) electrons. The summed E-state index contributed by atoms with van der Waals surface area (Å²) in [5, 5.41) is 15.6. The first-order valence-electron chi connectivity index (χ1n) is 19.7. The summed E-state index contributed by atoms with van der Waals surface area (Å²) in [5.41, 5.74) is 4.43. The minimum Gasteiger partial charge on any atom is -0.453 e. The second kappa shape index (κ2) is 17.6. The van der Waals surface area contributed by atoms with E-state index < -0.39 is 36.6 Å². The molecule has 2 aliphatic heterocycles. The number of alkyl carbamates (subject to hydrolysis) is 1. The van der Waals surface area contributed by atoms with Gasteiger partial charge in [-0.2, -0.15) is 4.39 Å². The van der Waals surface area contributed by atoms with Crippen molar-refractivity contribution in [2.45, 2.75) is 110 Å². The van der Waals surface area contributed by atoms with Gasteiger partial charge >= 0.3 is 6.09 Å². The Morgan fingerprint density at radius 2 is 1.28 bits per heavy atom. The number of aliphatic hydroxyl groups excluding tert-OH is 1. The minimum absolute atomic E-state index is 0.00836. The van der Waals surface area contributed by atoms with Crippen molar-refractivity contribution >= 4 is 17.9 Å². The number of hydrogen-bond acceptors (Lipinski definition) is 9. The monoisotopic (exact) mass is 786 g/mol. The summed E-state index contributed by atoms with van der Waals surface area (Å²) in [7, 11) is 2.63. The van der Waals surface area contributed by atoms with Gasteiger partial charge in [0, 0.05) is 24.8 Å². The number of imidazole rings is 2. The zero-order valence-corrected chi connectivity index (χ0v) is 33.9. The van der Waals surface area contributed by atoms with E-state index in [4.69, 9.17) is 14.5 Å². The van der Waals surface area contributed by atoms with Crippen molar-refractivity contribution in [3.05, 3.63) is 72.3 Å². The van der Waals surface area contributed by atoms with Crippen LogP contribution in [0.5, 0.6) is 0 Å². The predicted octanol–water partition coefficient (Wildman–Crippen LogP) is 6.29. The first kappa shape index (κ1) is 41.5. The first-order chi connectivity index (χ1) is 27.2. The van der Waals surface area contributed by atoms with E-state index in [1.807, 2.05) is 95.0 Å². The summed E-state index contributed by atoms with van der Waals surface area (Å²) in [6.45, 7) is 11.5. The van der Waals surface area contributed by atoms with Gasteiger partial charge in [0.1, 0.15) is 23.4 Å². The summed E-state index contributed by atoms with van der Waals surface area (Å²) in [4.78, 5) is 58.7. The number of amides is 3. The number of carbonyl (C=O) groups excluding carboxylic acids is 3. The van der Waals surface area contributed by atoms with Crippen LogP contribution in [-0.4, -0.2) is 97.6 Å². The smallest absolute Gasteiger partial charge is 0.407 e. The molecule has 15 heteroatoms. The number of H-pyrrole nitrogens is 2. The van der Waals surface area contributed by atoms with Crippen LogP contribution in [0, 0.1) is 17.8 Å². The average Bonchev–Trinajstić information content (AvgIpc) is 4.01. The molecule has 2 fully saturated rings. The molecule has 4 aromatic rings. The number of likely N-dealkylation sites (tertiary alicyclic amines) is 2. The number of hydrogen-bond donors (Lipinski definition) is 5. The Balaban J connectivity index is 1.15. The second-order valence-corrected chi connectivity index (χ2v) is 15.8. The maximum absolute atomic E-state index is 15.5. The van der Waals surface area contributed by atoms with Crippen molar-refractivity contribution in [3.63, 3.8) is 0 Å². The van der Waals surface area contributed by atoms with Crippen LogP contribution in [0.3, 0.4) is 0 Å². The lowest BCUT2D eigenvalue weighted by Gasteiger charge is -2.34. The topological polar surface area (TPSA) is 178 Å². The Bertz CT molecular complexity index is 2010. The molecule has 0 saturated carbocycles. The Morgan fingerprint density at radius 1 is 0.772 bits per heavy atom. The molecule has 306 valence electrons. The van der Waals surface area contributed by atoms with Gasteiger partial charge in [-0.05, 0) is 68.1 Å². The summed E-state index contributed by atoms with van der Waals surface area (Å²) >= 11 is 0. The molecule has 2 saturated heterocycles. The summed E-state index contributed by atoms with van der Waals surface area (Å²) in [5.74, 6) is -0.137. The van der Waals surface area contributed by atoms with E-state index in [1.54, 1.807) is 11.1 Å². The van der Waals surface area contributed by atoms with Gasteiger partial charge in [-0.1, -0.05) is 76.2 Å². The van der Waals surface area contributed by atoms with E-state index in [-0.39, 0.29) is 47.5 Å². The third-order valence-corrected chi connectivity index (χ3v) is 11.3.